The first-order valence-corrected chi connectivity index (χ1v) is 10.6. The Hall–Kier alpha value is -3.13. The first kappa shape index (κ1) is 24.5. The molecule has 0 aromatic heterocycles. The standard InChI is InChI=1S/C24H21ClF2O6/c1-13(28)2-8-19(22(30)31)20-11-15-10-14(3-9-18(15)21(20)29)12-33-23(32)24(26,27)16-4-6-17(25)7-5-16/h3-7,9-10,19-20H,2,8,11-12H2,1H3,(H,30,31). The van der Waals surface area contributed by atoms with Crippen LogP contribution in [0.1, 0.15) is 46.8 Å². The van der Waals surface area contributed by atoms with Crippen LogP contribution in [0, 0.1) is 11.8 Å². The molecule has 2 aromatic carbocycles. The number of carbonyl (C=O) groups excluding carboxylic acids is 3. The molecule has 2 atom stereocenters. The molecule has 0 amide bonds. The molecule has 0 saturated heterocycles. The topological polar surface area (TPSA) is 97.7 Å². The Morgan fingerprint density at radius 1 is 1.18 bits per heavy atom. The van der Waals surface area contributed by atoms with E-state index in [1.165, 1.54) is 31.2 Å². The van der Waals surface area contributed by atoms with E-state index in [4.69, 9.17) is 16.3 Å². The number of hydrogen-bond acceptors (Lipinski definition) is 5. The van der Waals surface area contributed by atoms with E-state index >= 15 is 0 Å². The number of alkyl halides is 2. The predicted molar refractivity (Wildman–Crippen MR) is 114 cm³/mol. The van der Waals surface area contributed by atoms with Gasteiger partial charge in [-0.1, -0.05) is 41.9 Å². The third kappa shape index (κ3) is 5.45. The number of carbonyl (C=O) groups is 4. The molecule has 0 aliphatic heterocycles. The predicted octanol–water partition coefficient (Wildman–Crippen LogP) is 4.60. The fraction of sp³-hybridized carbons (Fsp3) is 0.333. The van der Waals surface area contributed by atoms with E-state index in [0.717, 1.165) is 12.1 Å². The summed E-state index contributed by atoms with van der Waals surface area (Å²) in [4.78, 5) is 47.7. The van der Waals surface area contributed by atoms with Gasteiger partial charge in [0.2, 0.25) is 0 Å². The summed E-state index contributed by atoms with van der Waals surface area (Å²) >= 11 is 5.68. The zero-order chi connectivity index (χ0) is 24.3. The molecule has 0 saturated carbocycles. The highest BCUT2D eigenvalue weighted by molar-refractivity contribution is 6.30. The number of Topliss-reactive ketones (excluding diaryl/α,β-unsaturated/α-hetero) is 2. The van der Waals surface area contributed by atoms with Gasteiger partial charge in [0.25, 0.3) is 0 Å². The van der Waals surface area contributed by atoms with Crippen LogP contribution in [0.2, 0.25) is 5.02 Å². The smallest absolute Gasteiger partial charge is 0.382 e. The van der Waals surface area contributed by atoms with E-state index in [1.54, 1.807) is 6.07 Å². The van der Waals surface area contributed by atoms with Crippen molar-refractivity contribution in [3.8, 4) is 0 Å². The van der Waals surface area contributed by atoms with Gasteiger partial charge in [-0.25, -0.2) is 4.79 Å². The first-order valence-electron chi connectivity index (χ1n) is 10.2. The number of esters is 1. The summed E-state index contributed by atoms with van der Waals surface area (Å²) in [5.41, 5.74) is 0.732. The Kier molecular flexibility index (Phi) is 7.27. The molecule has 174 valence electrons. The number of ether oxygens (including phenoxy) is 1. The van der Waals surface area contributed by atoms with Crippen LogP contribution in [0.25, 0.3) is 0 Å². The van der Waals surface area contributed by atoms with Crippen LogP contribution in [-0.2, 0) is 38.1 Å². The Labute approximate surface area is 193 Å². The summed E-state index contributed by atoms with van der Waals surface area (Å²) < 4.78 is 33.5. The Balaban J connectivity index is 1.69. The summed E-state index contributed by atoms with van der Waals surface area (Å²) in [5, 5.41) is 9.78. The maximum absolute atomic E-state index is 14.4. The van der Waals surface area contributed by atoms with E-state index in [1.807, 2.05) is 0 Å². The summed E-state index contributed by atoms with van der Waals surface area (Å²) in [7, 11) is 0. The van der Waals surface area contributed by atoms with Crippen molar-refractivity contribution < 1.29 is 37.8 Å². The highest BCUT2D eigenvalue weighted by atomic mass is 35.5. The molecule has 0 fully saturated rings. The molecular formula is C24H21ClF2O6. The Bertz CT molecular complexity index is 1100. The van der Waals surface area contributed by atoms with Gasteiger partial charge in [-0.15, -0.1) is 0 Å². The van der Waals surface area contributed by atoms with Crippen LogP contribution in [0.4, 0.5) is 8.78 Å². The van der Waals surface area contributed by atoms with Crippen LogP contribution < -0.4 is 0 Å². The van der Waals surface area contributed by atoms with E-state index < -0.39 is 41.9 Å². The normalized spacial score (nSPS) is 16.2. The van der Waals surface area contributed by atoms with Crippen molar-refractivity contribution in [2.45, 2.75) is 38.7 Å². The van der Waals surface area contributed by atoms with Crippen molar-refractivity contribution in [1.82, 2.24) is 0 Å². The molecular weight excluding hydrogens is 458 g/mol. The fourth-order valence-corrected chi connectivity index (χ4v) is 4.00. The number of benzene rings is 2. The van der Waals surface area contributed by atoms with Crippen LogP contribution >= 0.6 is 11.6 Å². The molecule has 2 aromatic rings. The lowest BCUT2D eigenvalue weighted by Crippen LogP contribution is -2.28. The lowest BCUT2D eigenvalue weighted by Gasteiger charge is -2.17. The largest absolute Gasteiger partial charge is 0.481 e. The minimum atomic E-state index is -3.87. The van der Waals surface area contributed by atoms with Crippen LogP contribution in [0.15, 0.2) is 42.5 Å². The van der Waals surface area contributed by atoms with E-state index in [9.17, 15) is 33.1 Å². The van der Waals surface area contributed by atoms with E-state index in [0.29, 0.717) is 16.7 Å². The zero-order valence-electron chi connectivity index (χ0n) is 17.6. The average Bonchev–Trinajstić information content (AvgIpc) is 3.07. The highest BCUT2D eigenvalue weighted by Gasteiger charge is 2.43. The van der Waals surface area contributed by atoms with Crippen molar-refractivity contribution in [3.63, 3.8) is 0 Å². The minimum Gasteiger partial charge on any atom is -0.481 e. The third-order valence-corrected chi connectivity index (χ3v) is 5.91. The molecule has 2 unspecified atom stereocenters. The van der Waals surface area contributed by atoms with Gasteiger partial charge in [0.05, 0.1) is 5.92 Å². The molecule has 0 heterocycles. The van der Waals surface area contributed by atoms with Crippen LogP contribution in [-0.4, -0.2) is 28.6 Å². The average molecular weight is 479 g/mol. The molecule has 1 N–H and O–H groups in total. The van der Waals surface area contributed by atoms with Gasteiger partial charge in [-0.3, -0.25) is 9.59 Å². The molecule has 6 nitrogen and oxygen atoms in total. The minimum absolute atomic E-state index is 0.0549. The molecule has 3 rings (SSSR count). The fourth-order valence-electron chi connectivity index (χ4n) is 3.87. The van der Waals surface area contributed by atoms with Gasteiger partial charge >= 0.3 is 17.9 Å². The van der Waals surface area contributed by atoms with E-state index in [-0.39, 0.29) is 35.9 Å². The summed E-state index contributed by atoms with van der Waals surface area (Å²) in [5.74, 6) is -9.07. The summed E-state index contributed by atoms with van der Waals surface area (Å²) in [6.45, 7) is 0.912. The van der Waals surface area contributed by atoms with Crippen LogP contribution in [0.5, 0.6) is 0 Å². The maximum atomic E-state index is 14.4. The van der Waals surface area contributed by atoms with Gasteiger partial charge in [-0.2, -0.15) is 8.78 Å². The Morgan fingerprint density at radius 2 is 1.85 bits per heavy atom. The summed E-state index contributed by atoms with van der Waals surface area (Å²) in [6.07, 6.45) is 0.255. The summed E-state index contributed by atoms with van der Waals surface area (Å²) in [6, 6.07) is 9.05. The van der Waals surface area contributed by atoms with Gasteiger partial charge in [0, 0.05) is 28.5 Å². The number of halogens is 3. The lowest BCUT2D eigenvalue weighted by atomic mass is 9.85. The number of fused-ring (bicyclic) bond motifs is 1. The van der Waals surface area contributed by atoms with Gasteiger partial charge in [0.15, 0.2) is 5.78 Å². The number of carboxylic acids is 1. The maximum Gasteiger partial charge on any atom is 0.382 e. The molecule has 9 heteroatoms. The lowest BCUT2D eigenvalue weighted by molar-refractivity contribution is -0.175. The number of aliphatic carboxylic acids is 1. The van der Waals surface area contributed by atoms with Crippen molar-refractivity contribution in [3.05, 3.63) is 69.7 Å². The van der Waals surface area contributed by atoms with E-state index in [2.05, 4.69) is 0 Å². The second-order valence-corrected chi connectivity index (χ2v) is 8.45. The van der Waals surface area contributed by atoms with Crippen molar-refractivity contribution in [2.75, 3.05) is 0 Å². The molecule has 1 aliphatic rings. The van der Waals surface area contributed by atoms with Crippen LogP contribution in [0.3, 0.4) is 0 Å². The SMILES string of the molecule is CC(=O)CCC(C(=O)O)C1Cc2cc(COC(=O)C(F)(F)c3ccc(Cl)cc3)ccc2C1=O. The van der Waals surface area contributed by atoms with Crippen molar-refractivity contribution in [2.24, 2.45) is 11.8 Å². The zero-order valence-corrected chi connectivity index (χ0v) is 18.4. The number of ketones is 2. The van der Waals surface area contributed by atoms with Crippen molar-refractivity contribution >= 4 is 35.1 Å². The second-order valence-electron chi connectivity index (χ2n) is 8.01. The molecule has 0 bridgehead atoms. The number of rotatable bonds is 9. The number of hydrogen-bond donors (Lipinski definition) is 1. The van der Waals surface area contributed by atoms with Gasteiger partial charge in [0.1, 0.15) is 12.4 Å². The third-order valence-electron chi connectivity index (χ3n) is 5.66. The molecule has 0 radical (unpaired) electrons. The van der Waals surface area contributed by atoms with Gasteiger partial charge < -0.3 is 14.6 Å². The highest BCUT2D eigenvalue weighted by Crippen LogP contribution is 2.35. The molecule has 1 aliphatic carbocycles. The molecule has 33 heavy (non-hydrogen) atoms. The quantitative estimate of drug-likeness (QED) is 0.529. The first-order chi connectivity index (χ1) is 15.5. The molecule has 0 spiro atoms. The van der Waals surface area contributed by atoms with Crippen molar-refractivity contribution in [1.29, 1.82) is 0 Å². The number of carboxylic acid groups (broad SMARTS) is 1. The monoisotopic (exact) mass is 478 g/mol. The second kappa shape index (κ2) is 9.79. The van der Waals surface area contributed by atoms with Gasteiger partial charge in [-0.05, 0) is 43.0 Å². The Morgan fingerprint density at radius 3 is 2.45 bits per heavy atom.